The Hall–Kier alpha value is -1.89. The van der Waals surface area contributed by atoms with E-state index in [-0.39, 0.29) is 17.5 Å². The number of rotatable bonds is 5. The van der Waals surface area contributed by atoms with Gasteiger partial charge in [0.15, 0.2) is 0 Å². The van der Waals surface area contributed by atoms with Crippen molar-refractivity contribution in [1.82, 2.24) is 20.4 Å². The molecule has 1 amide bonds. The first kappa shape index (κ1) is 16.5. The summed E-state index contributed by atoms with van der Waals surface area (Å²) in [5, 5.41) is 9.98. The number of hydrogen-bond acceptors (Lipinski definition) is 5. The van der Waals surface area contributed by atoms with Gasteiger partial charge >= 0.3 is 0 Å². The van der Waals surface area contributed by atoms with Crippen molar-refractivity contribution in [2.24, 2.45) is 13.0 Å². The smallest absolute Gasteiger partial charge is 0.268 e. The van der Waals surface area contributed by atoms with Crippen LogP contribution in [0.25, 0.3) is 0 Å². The van der Waals surface area contributed by atoms with Gasteiger partial charge in [-0.15, -0.1) is 0 Å². The topological polar surface area (TPSA) is 79.3 Å². The molecule has 1 fully saturated rings. The maximum absolute atomic E-state index is 11.7. The molecule has 1 aliphatic heterocycles. The quantitative estimate of drug-likeness (QED) is 0.782. The van der Waals surface area contributed by atoms with Crippen molar-refractivity contribution in [2.45, 2.75) is 25.8 Å². The van der Waals surface area contributed by atoms with E-state index < -0.39 is 0 Å². The molecule has 1 aliphatic rings. The molecule has 0 saturated carbocycles. The first-order chi connectivity index (χ1) is 10.5. The van der Waals surface area contributed by atoms with Gasteiger partial charge in [0.25, 0.3) is 5.56 Å². The lowest BCUT2D eigenvalue weighted by Gasteiger charge is -2.33. The largest absolute Gasteiger partial charge is 0.370 e. The molecule has 1 aromatic heterocycles. The van der Waals surface area contributed by atoms with Gasteiger partial charge in [0.2, 0.25) is 5.91 Å². The summed E-state index contributed by atoms with van der Waals surface area (Å²) in [5.41, 5.74) is 0.794. The molecule has 1 aromatic rings. The second-order valence-electron chi connectivity index (χ2n) is 5.86. The number of aryl methyl sites for hydroxylation is 1. The fourth-order valence-corrected chi connectivity index (χ4v) is 2.56. The summed E-state index contributed by atoms with van der Waals surface area (Å²) in [6, 6.07) is 1.47. The molecular weight excluding hydrogens is 282 g/mol. The number of piperidine rings is 1. The van der Waals surface area contributed by atoms with Crippen LogP contribution >= 0.6 is 0 Å². The standard InChI is InChI=1S/C15H25N5O2/c1-11(16-2)15(22)17-9-12-4-6-20(7-5-12)13-8-14(21)19(3)18-10-13/h8,10-12,16H,4-7,9H2,1-3H3,(H,17,22)/t11-/m0/s1. The van der Waals surface area contributed by atoms with Gasteiger partial charge in [0, 0.05) is 32.7 Å². The summed E-state index contributed by atoms with van der Waals surface area (Å²) in [6.07, 6.45) is 3.74. The Bertz CT molecular complexity index is 563. The molecule has 1 saturated heterocycles. The lowest BCUT2D eigenvalue weighted by atomic mass is 9.96. The van der Waals surface area contributed by atoms with Crippen LogP contribution in [-0.4, -0.2) is 48.4 Å². The van der Waals surface area contributed by atoms with Gasteiger partial charge in [-0.2, -0.15) is 5.10 Å². The molecular formula is C15H25N5O2. The molecule has 0 aromatic carbocycles. The summed E-state index contributed by atoms with van der Waals surface area (Å²) >= 11 is 0. The molecule has 0 unspecified atom stereocenters. The van der Waals surface area contributed by atoms with Crippen LogP contribution in [-0.2, 0) is 11.8 Å². The Labute approximate surface area is 130 Å². The lowest BCUT2D eigenvalue weighted by Crippen LogP contribution is -2.44. The molecule has 2 rings (SSSR count). The Morgan fingerprint density at radius 3 is 2.73 bits per heavy atom. The van der Waals surface area contributed by atoms with Crippen molar-refractivity contribution in [1.29, 1.82) is 0 Å². The van der Waals surface area contributed by atoms with E-state index in [0.29, 0.717) is 12.5 Å². The molecule has 0 spiro atoms. The van der Waals surface area contributed by atoms with Crippen LogP contribution in [0.5, 0.6) is 0 Å². The number of nitrogens with one attached hydrogen (secondary N) is 2. The highest BCUT2D eigenvalue weighted by Gasteiger charge is 2.21. The fourth-order valence-electron chi connectivity index (χ4n) is 2.56. The van der Waals surface area contributed by atoms with Crippen LogP contribution in [0.3, 0.4) is 0 Å². The molecule has 2 heterocycles. The maximum atomic E-state index is 11.7. The maximum Gasteiger partial charge on any atom is 0.268 e. The minimum Gasteiger partial charge on any atom is -0.370 e. The third-order valence-electron chi connectivity index (χ3n) is 4.32. The SMILES string of the molecule is CN[C@@H](C)C(=O)NCC1CCN(c2cnn(C)c(=O)c2)CC1. The first-order valence-corrected chi connectivity index (χ1v) is 7.74. The fraction of sp³-hybridized carbons (Fsp3) is 0.667. The summed E-state index contributed by atoms with van der Waals surface area (Å²) < 4.78 is 1.33. The second-order valence-corrected chi connectivity index (χ2v) is 5.86. The molecule has 122 valence electrons. The van der Waals surface area contributed by atoms with Gasteiger partial charge in [-0.25, -0.2) is 4.68 Å². The lowest BCUT2D eigenvalue weighted by molar-refractivity contribution is -0.122. The Balaban J connectivity index is 1.81. The van der Waals surface area contributed by atoms with Crippen LogP contribution in [0.4, 0.5) is 5.69 Å². The molecule has 0 bridgehead atoms. The van der Waals surface area contributed by atoms with E-state index in [2.05, 4.69) is 20.6 Å². The van der Waals surface area contributed by atoms with Crippen LogP contribution in [0.2, 0.25) is 0 Å². The zero-order valence-corrected chi connectivity index (χ0v) is 13.5. The minimum atomic E-state index is -0.160. The number of carbonyl (C=O) groups excluding carboxylic acids is 1. The zero-order chi connectivity index (χ0) is 16.1. The highest BCUT2D eigenvalue weighted by Crippen LogP contribution is 2.21. The predicted molar refractivity (Wildman–Crippen MR) is 85.9 cm³/mol. The van der Waals surface area contributed by atoms with Crippen molar-refractivity contribution < 1.29 is 4.79 Å². The summed E-state index contributed by atoms with van der Waals surface area (Å²) in [6.45, 7) is 4.34. The highest BCUT2D eigenvalue weighted by molar-refractivity contribution is 5.81. The second kappa shape index (κ2) is 7.40. The van der Waals surface area contributed by atoms with Crippen LogP contribution in [0.1, 0.15) is 19.8 Å². The zero-order valence-electron chi connectivity index (χ0n) is 13.5. The van der Waals surface area contributed by atoms with Crippen LogP contribution < -0.4 is 21.1 Å². The number of anilines is 1. The Morgan fingerprint density at radius 2 is 2.14 bits per heavy atom. The number of aromatic nitrogens is 2. The van der Waals surface area contributed by atoms with E-state index in [0.717, 1.165) is 31.6 Å². The van der Waals surface area contributed by atoms with E-state index in [1.165, 1.54) is 4.68 Å². The van der Waals surface area contributed by atoms with E-state index in [4.69, 9.17) is 0 Å². The number of nitrogens with zero attached hydrogens (tertiary/aromatic N) is 3. The molecule has 22 heavy (non-hydrogen) atoms. The summed E-state index contributed by atoms with van der Waals surface area (Å²) in [5.74, 6) is 0.532. The predicted octanol–water partition coefficient (Wildman–Crippen LogP) is -0.279. The molecule has 7 heteroatoms. The number of hydrogen-bond donors (Lipinski definition) is 2. The van der Waals surface area contributed by atoms with Gasteiger partial charge in [-0.3, -0.25) is 9.59 Å². The van der Waals surface area contributed by atoms with Gasteiger partial charge in [-0.05, 0) is 32.7 Å². The van der Waals surface area contributed by atoms with Gasteiger partial charge in [0.1, 0.15) is 0 Å². The van der Waals surface area contributed by atoms with E-state index in [9.17, 15) is 9.59 Å². The van der Waals surface area contributed by atoms with Crippen molar-refractivity contribution in [3.8, 4) is 0 Å². The van der Waals surface area contributed by atoms with Gasteiger partial charge in [0.05, 0.1) is 17.9 Å². The average Bonchev–Trinajstić information content (AvgIpc) is 2.55. The number of amides is 1. The van der Waals surface area contributed by atoms with Gasteiger partial charge < -0.3 is 15.5 Å². The van der Waals surface area contributed by atoms with E-state index in [1.54, 1.807) is 26.4 Å². The molecule has 0 aliphatic carbocycles. The number of likely N-dealkylation sites (N-methyl/N-ethyl adjacent to an activating group) is 1. The molecule has 0 radical (unpaired) electrons. The third kappa shape index (κ3) is 4.07. The molecule has 7 nitrogen and oxygen atoms in total. The van der Waals surface area contributed by atoms with Crippen molar-refractivity contribution in [3.05, 3.63) is 22.6 Å². The van der Waals surface area contributed by atoms with E-state index >= 15 is 0 Å². The first-order valence-electron chi connectivity index (χ1n) is 7.74. The normalized spacial score (nSPS) is 17.3. The number of carbonyl (C=O) groups is 1. The summed E-state index contributed by atoms with van der Waals surface area (Å²) in [4.78, 5) is 25.6. The molecule has 1 atom stereocenters. The molecule has 2 N–H and O–H groups in total. The summed E-state index contributed by atoms with van der Waals surface area (Å²) in [7, 11) is 3.42. The van der Waals surface area contributed by atoms with Crippen molar-refractivity contribution >= 4 is 11.6 Å². The Morgan fingerprint density at radius 1 is 1.45 bits per heavy atom. The van der Waals surface area contributed by atoms with Crippen LogP contribution in [0.15, 0.2) is 17.1 Å². The third-order valence-corrected chi connectivity index (χ3v) is 4.32. The minimum absolute atomic E-state index is 0.0423. The average molecular weight is 307 g/mol. The van der Waals surface area contributed by atoms with E-state index in [1.807, 2.05) is 6.92 Å². The van der Waals surface area contributed by atoms with Gasteiger partial charge in [-0.1, -0.05) is 0 Å². The monoisotopic (exact) mass is 307 g/mol. The van der Waals surface area contributed by atoms with Crippen molar-refractivity contribution in [2.75, 3.05) is 31.6 Å². The van der Waals surface area contributed by atoms with Crippen LogP contribution in [0, 0.1) is 5.92 Å². The van der Waals surface area contributed by atoms with Crippen molar-refractivity contribution in [3.63, 3.8) is 0 Å². The Kier molecular flexibility index (Phi) is 5.54. The highest BCUT2D eigenvalue weighted by atomic mass is 16.2.